The second-order valence-electron chi connectivity index (χ2n) is 5.96. The van der Waals surface area contributed by atoms with Crippen LogP contribution in [0.3, 0.4) is 0 Å². The van der Waals surface area contributed by atoms with E-state index in [9.17, 15) is 0 Å². The molecule has 0 aromatic heterocycles. The van der Waals surface area contributed by atoms with Crippen molar-refractivity contribution in [1.82, 2.24) is 4.90 Å². The van der Waals surface area contributed by atoms with Gasteiger partial charge < -0.3 is 15.0 Å². The Hall–Kier alpha value is -0.930. The first-order valence-corrected chi connectivity index (χ1v) is 7.78. The fraction of sp³-hybridized carbons (Fsp3) is 0.625. The van der Waals surface area contributed by atoms with Gasteiger partial charge in [-0.05, 0) is 30.9 Å². The summed E-state index contributed by atoms with van der Waals surface area (Å²) < 4.78 is 5.26. The van der Waals surface area contributed by atoms with E-state index in [4.69, 9.17) is 16.3 Å². The Morgan fingerprint density at radius 3 is 2.65 bits per heavy atom. The van der Waals surface area contributed by atoms with Crippen molar-refractivity contribution in [2.45, 2.75) is 32.7 Å². The molecule has 2 rings (SSSR count). The zero-order valence-electron chi connectivity index (χ0n) is 12.7. The molecule has 0 bridgehead atoms. The van der Waals surface area contributed by atoms with E-state index >= 15 is 0 Å². The molecule has 1 aromatic carbocycles. The average Bonchev–Trinajstić information content (AvgIpc) is 2.42. The number of ether oxygens (including phenoxy) is 1. The van der Waals surface area contributed by atoms with Crippen LogP contribution in [0.4, 0.5) is 5.69 Å². The number of nitrogens with zero attached hydrogens (tertiary/aromatic N) is 1. The molecule has 0 spiro atoms. The third-order valence-corrected chi connectivity index (χ3v) is 4.05. The molecule has 1 fully saturated rings. The monoisotopic (exact) mass is 296 g/mol. The van der Waals surface area contributed by atoms with Gasteiger partial charge in [0.1, 0.15) is 5.75 Å². The highest BCUT2D eigenvalue weighted by molar-refractivity contribution is 6.32. The normalized spacial score (nSPS) is 17.4. The van der Waals surface area contributed by atoms with E-state index < -0.39 is 0 Å². The van der Waals surface area contributed by atoms with Gasteiger partial charge in [-0.2, -0.15) is 0 Å². The molecule has 1 aromatic rings. The summed E-state index contributed by atoms with van der Waals surface area (Å²) in [6.07, 6.45) is 2.38. The molecule has 0 radical (unpaired) electrons. The van der Waals surface area contributed by atoms with Gasteiger partial charge in [0, 0.05) is 37.4 Å². The summed E-state index contributed by atoms with van der Waals surface area (Å²) in [4.78, 5) is 2.56. The Balaban J connectivity index is 1.86. The summed E-state index contributed by atoms with van der Waals surface area (Å²) in [6.45, 7) is 8.14. The minimum Gasteiger partial charge on any atom is -0.495 e. The highest BCUT2D eigenvalue weighted by Crippen LogP contribution is 2.28. The Morgan fingerprint density at radius 2 is 2.05 bits per heavy atom. The zero-order chi connectivity index (χ0) is 14.5. The highest BCUT2D eigenvalue weighted by Gasteiger charge is 2.19. The Labute approximate surface area is 127 Å². The number of nitrogens with one attached hydrogen (secondary N) is 1. The number of methoxy groups -OCH3 is 1. The van der Waals surface area contributed by atoms with Crippen LogP contribution in [0.15, 0.2) is 18.2 Å². The second kappa shape index (κ2) is 7.19. The van der Waals surface area contributed by atoms with Gasteiger partial charge in [0.25, 0.3) is 0 Å². The molecule has 1 N–H and O–H groups in total. The summed E-state index contributed by atoms with van der Waals surface area (Å²) in [6, 6.07) is 6.43. The van der Waals surface area contributed by atoms with Crippen LogP contribution >= 0.6 is 11.6 Å². The number of likely N-dealkylation sites (tertiary alicyclic amines) is 1. The maximum Gasteiger partial charge on any atom is 0.139 e. The molecule has 0 amide bonds. The van der Waals surface area contributed by atoms with Gasteiger partial charge in [-0.3, -0.25) is 0 Å². The van der Waals surface area contributed by atoms with Crippen LogP contribution < -0.4 is 10.1 Å². The van der Waals surface area contributed by atoms with E-state index in [0.29, 0.717) is 11.1 Å². The molecule has 20 heavy (non-hydrogen) atoms. The predicted octanol–water partition coefficient (Wildman–Crippen LogP) is 3.88. The number of benzene rings is 1. The largest absolute Gasteiger partial charge is 0.495 e. The van der Waals surface area contributed by atoms with Crippen LogP contribution in [0.5, 0.6) is 5.75 Å². The van der Waals surface area contributed by atoms with E-state index in [1.165, 1.54) is 32.5 Å². The Kier molecular flexibility index (Phi) is 5.55. The fourth-order valence-electron chi connectivity index (χ4n) is 2.76. The number of halogens is 1. The standard InChI is InChI=1S/C16H25ClN2O/c1-12(2)11-19-8-6-13(7-9-19)18-14-4-5-15(17)16(10-14)20-3/h4-5,10,12-13,18H,6-9,11H2,1-3H3. The smallest absolute Gasteiger partial charge is 0.139 e. The topological polar surface area (TPSA) is 24.5 Å². The fourth-order valence-corrected chi connectivity index (χ4v) is 2.96. The first-order valence-electron chi connectivity index (χ1n) is 7.41. The van der Waals surface area contributed by atoms with Crippen LogP contribution in [-0.4, -0.2) is 37.7 Å². The van der Waals surface area contributed by atoms with Gasteiger partial charge in [0.2, 0.25) is 0 Å². The molecule has 3 nitrogen and oxygen atoms in total. The molecule has 0 saturated carbocycles. The zero-order valence-corrected chi connectivity index (χ0v) is 13.4. The lowest BCUT2D eigenvalue weighted by molar-refractivity contribution is 0.198. The molecule has 1 heterocycles. The van der Waals surface area contributed by atoms with Crippen molar-refractivity contribution in [3.63, 3.8) is 0 Å². The summed E-state index contributed by atoms with van der Waals surface area (Å²) >= 11 is 6.05. The number of rotatable bonds is 5. The Bertz CT molecular complexity index is 428. The highest BCUT2D eigenvalue weighted by atomic mass is 35.5. The maximum absolute atomic E-state index is 6.05. The summed E-state index contributed by atoms with van der Waals surface area (Å²) in [5, 5.41) is 4.25. The quantitative estimate of drug-likeness (QED) is 0.892. The van der Waals surface area contributed by atoms with Gasteiger partial charge in [0.15, 0.2) is 0 Å². The molecule has 0 atom stereocenters. The lowest BCUT2D eigenvalue weighted by Crippen LogP contribution is -2.40. The van der Waals surface area contributed by atoms with E-state index in [1.807, 2.05) is 18.2 Å². The van der Waals surface area contributed by atoms with Gasteiger partial charge in [0.05, 0.1) is 12.1 Å². The number of anilines is 1. The lowest BCUT2D eigenvalue weighted by Gasteiger charge is -2.33. The van der Waals surface area contributed by atoms with E-state index in [0.717, 1.165) is 17.4 Å². The van der Waals surface area contributed by atoms with Gasteiger partial charge in [-0.25, -0.2) is 0 Å². The SMILES string of the molecule is COc1cc(NC2CCN(CC(C)C)CC2)ccc1Cl. The van der Waals surface area contributed by atoms with Crippen molar-refractivity contribution in [2.24, 2.45) is 5.92 Å². The van der Waals surface area contributed by atoms with E-state index in [2.05, 4.69) is 24.1 Å². The predicted molar refractivity (Wildman–Crippen MR) is 85.9 cm³/mol. The maximum atomic E-state index is 6.05. The molecular formula is C16H25ClN2O. The summed E-state index contributed by atoms with van der Waals surface area (Å²) in [5.41, 5.74) is 1.09. The molecule has 1 saturated heterocycles. The minimum atomic E-state index is 0.546. The third kappa shape index (κ3) is 4.29. The number of hydrogen-bond donors (Lipinski definition) is 1. The van der Waals surface area contributed by atoms with Crippen LogP contribution in [0.25, 0.3) is 0 Å². The first-order chi connectivity index (χ1) is 9.58. The molecule has 1 aliphatic rings. The molecule has 4 heteroatoms. The van der Waals surface area contributed by atoms with Crippen LogP contribution in [0, 0.1) is 5.92 Å². The van der Waals surface area contributed by atoms with Crippen molar-refractivity contribution in [3.8, 4) is 5.75 Å². The molecule has 1 aliphatic heterocycles. The second-order valence-corrected chi connectivity index (χ2v) is 6.37. The Morgan fingerprint density at radius 1 is 1.35 bits per heavy atom. The van der Waals surface area contributed by atoms with Crippen molar-refractivity contribution < 1.29 is 4.74 Å². The first kappa shape index (κ1) is 15.5. The molecule has 0 aliphatic carbocycles. The van der Waals surface area contributed by atoms with Crippen molar-refractivity contribution in [2.75, 3.05) is 32.1 Å². The van der Waals surface area contributed by atoms with E-state index in [1.54, 1.807) is 7.11 Å². The van der Waals surface area contributed by atoms with Crippen molar-refractivity contribution in [1.29, 1.82) is 0 Å². The summed E-state index contributed by atoms with van der Waals surface area (Å²) in [7, 11) is 1.65. The van der Waals surface area contributed by atoms with Crippen LogP contribution in [0.1, 0.15) is 26.7 Å². The minimum absolute atomic E-state index is 0.546. The van der Waals surface area contributed by atoms with Crippen LogP contribution in [-0.2, 0) is 0 Å². The van der Waals surface area contributed by atoms with Gasteiger partial charge >= 0.3 is 0 Å². The molecule has 112 valence electrons. The van der Waals surface area contributed by atoms with Gasteiger partial charge in [-0.1, -0.05) is 25.4 Å². The molecule has 0 unspecified atom stereocenters. The summed E-state index contributed by atoms with van der Waals surface area (Å²) in [5.74, 6) is 1.48. The van der Waals surface area contributed by atoms with Gasteiger partial charge in [-0.15, -0.1) is 0 Å². The van der Waals surface area contributed by atoms with Crippen LogP contribution in [0.2, 0.25) is 5.02 Å². The lowest BCUT2D eigenvalue weighted by atomic mass is 10.0. The van der Waals surface area contributed by atoms with Crippen molar-refractivity contribution >= 4 is 17.3 Å². The van der Waals surface area contributed by atoms with E-state index in [-0.39, 0.29) is 0 Å². The van der Waals surface area contributed by atoms with Crippen molar-refractivity contribution in [3.05, 3.63) is 23.2 Å². The third-order valence-electron chi connectivity index (χ3n) is 3.73. The molecular weight excluding hydrogens is 272 g/mol. The number of hydrogen-bond acceptors (Lipinski definition) is 3. The number of piperidine rings is 1. The average molecular weight is 297 g/mol.